The van der Waals surface area contributed by atoms with Crippen LogP contribution in [0.1, 0.15) is 18.1 Å². The van der Waals surface area contributed by atoms with E-state index in [4.69, 9.17) is 20.3 Å². The monoisotopic (exact) mass is 315 g/mol. The highest BCUT2D eigenvalue weighted by molar-refractivity contribution is 5.68. The Hall–Kier alpha value is -2.18. The van der Waals surface area contributed by atoms with Crippen molar-refractivity contribution in [3.05, 3.63) is 35.4 Å². The Morgan fingerprint density at radius 2 is 2.09 bits per heavy atom. The first-order valence-corrected chi connectivity index (χ1v) is 7.59. The maximum Gasteiger partial charge on any atom is 0.237 e. The van der Waals surface area contributed by atoms with E-state index in [0.717, 1.165) is 22.4 Å². The Morgan fingerprint density at radius 1 is 1.30 bits per heavy atom. The Morgan fingerprint density at radius 3 is 2.74 bits per heavy atom. The summed E-state index contributed by atoms with van der Waals surface area (Å²) in [6.07, 6.45) is 0. The van der Waals surface area contributed by atoms with Gasteiger partial charge in [0.25, 0.3) is 0 Å². The fourth-order valence-corrected chi connectivity index (χ4v) is 2.67. The normalized spacial score (nSPS) is 16.0. The number of aliphatic hydroxyl groups excluding tert-OH is 1. The number of nitrogens with two attached hydrogens (primary N) is 1. The molecule has 1 aliphatic heterocycles. The summed E-state index contributed by atoms with van der Waals surface area (Å²) in [6, 6.07) is 7.73. The zero-order valence-corrected chi connectivity index (χ0v) is 13.4. The average molecular weight is 315 g/mol. The highest BCUT2D eigenvalue weighted by Crippen LogP contribution is 2.38. The maximum atomic E-state index is 8.98. The van der Waals surface area contributed by atoms with E-state index in [2.05, 4.69) is 17.1 Å². The van der Waals surface area contributed by atoms with E-state index < -0.39 is 0 Å². The van der Waals surface area contributed by atoms with Gasteiger partial charge in [0.05, 0.1) is 25.5 Å². The summed E-state index contributed by atoms with van der Waals surface area (Å²) < 4.78 is 10.9. The fourth-order valence-electron chi connectivity index (χ4n) is 2.67. The average Bonchev–Trinajstić information content (AvgIpc) is 2.53. The summed E-state index contributed by atoms with van der Waals surface area (Å²) in [6.45, 7) is 5.47. The molecule has 6 nitrogen and oxygen atoms in total. The third-order valence-electron chi connectivity index (χ3n) is 4.12. The number of aryl methyl sites for hydroxylation is 1. The number of nitrogens with zero attached hydrogens (tertiary/aromatic N) is 2. The van der Waals surface area contributed by atoms with Gasteiger partial charge in [-0.1, -0.05) is 13.0 Å². The van der Waals surface area contributed by atoms with Gasteiger partial charge in [-0.15, -0.1) is 10.2 Å². The first-order valence-electron chi connectivity index (χ1n) is 7.59. The molecule has 122 valence electrons. The lowest BCUT2D eigenvalue weighted by molar-refractivity contribution is -0.0515. The van der Waals surface area contributed by atoms with E-state index in [1.807, 2.05) is 31.2 Å². The molecule has 1 aromatic carbocycles. The summed E-state index contributed by atoms with van der Waals surface area (Å²) in [5.74, 6) is 0.454. The van der Waals surface area contributed by atoms with Gasteiger partial charge in [-0.05, 0) is 30.7 Å². The van der Waals surface area contributed by atoms with Crippen LogP contribution in [0.5, 0.6) is 5.88 Å². The molecule has 0 saturated carbocycles. The van der Waals surface area contributed by atoms with Gasteiger partial charge in [0.15, 0.2) is 0 Å². The van der Waals surface area contributed by atoms with Gasteiger partial charge in [-0.2, -0.15) is 0 Å². The van der Waals surface area contributed by atoms with Gasteiger partial charge in [-0.3, -0.25) is 0 Å². The van der Waals surface area contributed by atoms with Crippen LogP contribution in [0.15, 0.2) is 24.3 Å². The molecular formula is C17H21N3O3. The highest BCUT2D eigenvalue weighted by atomic mass is 16.5. The molecule has 0 unspecified atom stereocenters. The Balaban J connectivity index is 2.06. The van der Waals surface area contributed by atoms with Crippen LogP contribution < -0.4 is 10.5 Å². The first-order chi connectivity index (χ1) is 11.0. The summed E-state index contributed by atoms with van der Waals surface area (Å²) in [5, 5.41) is 17.5. The van der Waals surface area contributed by atoms with E-state index in [0.29, 0.717) is 24.8 Å². The van der Waals surface area contributed by atoms with Crippen LogP contribution >= 0.6 is 0 Å². The second-order valence-electron chi connectivity index (χ2n) is 6.15. The summed E-state index contributed by atoms with van der Waals surface area (Å²) in [5.41, 5.74) is 10.2. The molecule has 0 radical (unpaired) electrons. The van der Waals surface area contributed by atoms with E-state index in [-0.39, 0.29) is 18.6 Å². The lowest BCUT2D eigenvalue weighted by atomic mass is 9.81. The summed E-state index contributed by atoms with van der Waals surface area (Å²) >= 11 is 0. The predicted octanol–water partition coefficient (Wildman–Crippen LogP) is 1.69. The van der Waals surface area contributed by atoms with Crippen molar-refractivity contribution in [2.75, 3.05) is 32.2 Å². The number of anilines is 1. The lowest BCUT2D eigenvalue weighted by Gasteiger charge is -2.38. The number of hydrogen-bond donors (Lipinski definition) is 2. The number of nitrogen functional groups attached to an aromatic ring is 1. The smallest absolute Gasteiger partial charge is 0.237 e. The molecule has 0 amide bonds. The van der Waals surface area contributed by atoms with Crippen LogP contribution in [0.25, 0.3) is 11.3 Å². The predicted molar refractivity (Wildman–Crippen MR) is 87.4 cm³/mol. The number of benzene rings is 1. The maximum absolute atomic E-state index is 8.98. The SMILES string of the molecule is Cc1ccc(N)cc1-c1cc(C2(C)COC2)c(OCCO)nn1. The van der Waals surface area contributed by atoms with Crippen LogP contribution in [0.2, 0.25) is 0 Å². The minimum Gasteiger partial charge on any atom is -0.474 e. The van der Waals surface area contributed by atoms with Crippen molar-refractivity contribution in [3.8, 4) is 17.1 Å². The third-order valence-corrected chi connectivity index (χ3v) is 4.12. The number of aliphatic hydroxyl groups is 1. The molecule has 0 atom stereocenters. The van der Waals surface area contributed by atoms with E-state index in [9.17, 15) is 0 Å². The minimum atomic E-state index is -0.149. The van der Waals surface area contributed by atoms with Crippen molar-refractivity contribution in [2.24, 2.45) is 0 Å². The lowest BCUT2D eigenvalue weighted by Crippen LogP contribution is -2.44. The number of hydrogen-bond acceptors (Lipinski definition) is 6. The van der Waals surface area contributed by atoms with Gasteiger partial charge in [0, 0.05) is 22.2 Å². The molecule has 1 fully saturated rings. The van der Waals surface area contributed by atoms with Gasteiger partial charge < -0.3 is 20.3 Å². The van der Waals surface area contributed by atoms with Gasteiger partial charge in [-0.25, -0.2) is 0 Å². The van der Waals surface area contributed by atoms with Crippen molar-refractivity contribution in [2.45, 2.75) is 19.3 Å². The second kappa shape index (κ2) is 6.14. The molecule has 0 bridgehead atoms. The van der Waals surface area contributed by atoms with E-state index >= 15 is 0 Å². The van der Waals surface area contributed by atoms with Crippen molar-refractivity contribution in [3.63, 3.8) is 0 Å². The molecular weight excluding hydrogens is 294 g/mol. The van der Waals surface area contributed by atoms with Crippen LogP contribution in [-0.4, -0.2) is 41.7 Å². The van der Waals surface area contributed by atoms with Crippen molar-refractivity contribution < 1.29 is 14.6 Å². The Kier molecular flexibility index (Phi) is 4.19. The van der Waals surface area contributed by atoms with Gasteiger partial charge in [0.2, 0.25) is 5.88 Å². The number of aromatic nitrogens is 2. The topological polar surface area (TPSA) is 90.5 Å². The molecule has 2 aromatic rings. The van der Waals surface area contributed by atoms with E-state index in [1.165, 1.54) is 0 Å². The second-order valence-corrected chi connectivity index (χ2v) is 6.15. The third kappa shape index (κ3) is 3.00. The number of ether oxygens (including phenoxy) is 2. The molecule has 3 N–H and O–H groups in total. The molecule has 1 aromatic heterocycles. The Labute approximate surface area is 135 Å². The molecule has 0 spiro atoms. The standard InChI is InChI=1S/C17H21N3O3/c1-11-3-4-12(18)7-13(11)15-8-14(17(2)9-22-10-17)16(20-19-15)23-6-5-21/h3-4,7-8,21H,5-6,9-10,18H2,1-2H3. The quantitative estimate of drug-likeness (QED) is 0.816. The van der Waals surface area contributed by atoms with Crippen LogP contribution in [0.3, 0.4) is 0 Å². The highest BCUT2D eigenvalue weighted by Gasteiger charge is 2.39. The fraction of sp³-hybridized carbons (Fsp3) is 0.412. The molecule has 6 heteroatoms. The first kappa shape index (κ1) is 15.7. The molecule has 3 rings (SSSR count). The zero-order valence-electron chi connectivity index (χ0n) is 13.4. The molecule has 23 heavy (non-hydrogen) atoms. The van der Waals surface area contributed by atoms with Crippen LogP contribution in [0, 0.1) is 6.92 Å². The molecule has 1 saturated heterocycles. The van der Waals surface area contributed by atoms with Gasteiger partial charge in [0.1, 0.15) is 6.61 Å². The summed E-state index contributed by atoms with van der Waals surface area (Å²) in [7, 11) is 0. The number of rotatable bonds is 5. The minimum absolute atomic E-state index is 0.0651. The summed E-state index contributed by atoms with van der Waals surface area (Å²) in [4.78, 5) is 0. The molecule has 0 aliphatic carbocycles. The molecule has 2 heterocycles. The van der Waals surface area contributed by atoms with Crippen molar-refractivity contribution >= 4 is 5.69 Å². The largest absolute Gasteiger partial charge is 0.474 e. The van der Waals surface area contributed by atoms with Crippen molar-refractivity contribution in [1.29, 1.82) is 0 Å². The van der Waals surface area contributed by atoms with Crippen LogP contribution in [0.4, 0.5) is 5.69 Å². The molecule has 1 aliphatic rings. The zero-order chi connectivity index (χ0) is 16.4. The van der Waals surface area contributed by atoms with E-state index in [1.54, 1.807) is 0 Å². The van der Waals surface area contributed by atoms with Crippen LogP contribution in [-0.2, 0) is 10.2 Å². The van der Waals surface area contributed by atoms with Gasteiger partial charge >= 0.3 is 0 Å². The Bertz CT molecular complexity index is 714. The van der Waals surface area contributed by atoms with Crippen molar-refractivity contribution in [1.82, 2.24) is 10.2 Å².